The summed E-state index contributed by atoms with van der Waals surface area (Å²) in [6, 6.07) is 0. The van der Waals surface area contributed by atoms with Crippen LogP contribution in [0.25, 0.3) is 0 Å². The van der Waals surface area contributed by atoms with Crippen molar-refractivity contribution in [2.24, 2.45) is 5.41 Å². The molecule has 1 aliphatic heterocycles. The number of rotatable bonds is 0. The fourth-order valence-corrected chi connectivity index (χ4v) is 1.46. The Kier molecular flexibility index (Phi) is 3.32. The maximum absolute atomic E-state index is 11.5. The Morgan fingerprint density at radius 3 is 2.08 bits per heavy atom. The third-order valence-electron chi connectivity index (χ3n) is 2.89. The molecule has 0 aromatic rings. The van der Waals surface area contributed by atoms with Gasteiger partial charge in [0.15, 0.2) is 5.78 Å². The number of hydrogen-bond donors (Lipinski definition) is 1. The summed E-state index contributed by atoms with van der Waals surface area (Å²) in [4.78, 5) is 11.5. The molecule has 0 amide bonds. The molecule has 3 heteroatoms. The molecule has 0 bridgehead atoms. The minimum atomic E-state index is -0.299. The van der Waals surface area contributed by atoms with Gasteiger partial charge in [-0.05, 0) is 12.3 Å². The fourth-order valence-electron chi connectivity index (χ4n) is 1.46. The van der Waals surface area contributed by atoms with Crippen molar-refractivity contribution in [1.82, 2.24) is 5.32 Å². The lowest BCUT2D eigenvalue weighted by Crippen LogP contribution is -2.52. The summed E-state index contributed by atoms with van der Waals surface area (Å²) < 4.78 is 0. The first kappa shape index (κ1) is 11.9. The van der Waals surface area contributed by atoms with Gasteiger partial charge in [0.1, 0.15) is 0 Å². The summed E-state index contributed by atoms with van der Waals surface area (Å²) in [5, 5.41) is 3.27. The van der Waals surface area contributed by atoms with E-state index in [-0.39, 0.29) is 23.4 Å². The van der Waals surface area contributed by atoms with Gasteiger partial charge in [0.2, 0.25) is 0 Å². The van der Waals surface area contributed by atoms with E-state index < -0.39 is 0 Å². The number of hydrogen-bond acceptors (Lipinski definition) is 2. The zero-order valence-electron chi connectivity index (χ0n) is 8.23. The van der Waals surface area contributed by atoms with Crippen molar-refractivity contribution >= 4 is 18.2 Å². The molecule has 1 fully saturated rings. The number of Topliss-reactive ketones (excluding diaryl/α,β-unsaturated/α-hetero) is 1. The first-order valence-corrected chi connectivity index (χ1v) is 4.16. The van der Waals surface area contributed by atoms with Crippen LogP contribution in [0.2, 0.25) is 0 Å². The Hall–Kier alpha value is -0.0800. The third-order valence-corrected chi connectivity index (χ3v) is 2.89. The number of carbonyl (C=O) groups excluding carboxylic acids is 1. The number of ketones is 1. The van der Waals surface area contributed by atoms with E-state index in [0.717, 1.165) is 6.54 Å². The van der Waals surface area contributed by atoms with Crippen LogP contribution in [0.1, 0.15) is 34.1 Å². The number of nitrogens with one attached hydrogen (secondary N) is 1. The van der Waals surface area contributed by atoms with Gasteiger partial charge in [-0.2, -0.15) is 0 Å². The first-order chi connectivity index (χ1) is 4.88. The molecular formula is C9H18ClNO. The highest BCUT2D eigenvalue weighted by Crippen LogP contribution is 2.34. The van der Waals surface area contributed by atoms with Crippen LogP contribution in [0.5, 0.6) is 0 Å². The van der Waals surface area contributed by atoms with E-state index >= 15 is 0 Å². The average molecular weight is 192 g/mol. The molecule has 2 nitrogen and oxygen atoms in total. The van der Waals surface area contributed by atoms with Crippen LogP contribution in [-0.2, 0) is 4.79 Å². The average Bonchev–Trinajstić information content (AvgIpc) is 2.12. The predicted molar refractivity (Wildman–Crippen MR) is 52.7 cm³/mol. The zero-order valence-corrected chi connectivity index (χ0v) is 9.05. The van der Waals surface area contributed by atoms with Gasteiger partial charge in [-0.3, -0.25) is 4.79 Å². The van der Waals surface area contributed by atoms with E-state index in [1.54, 1.807) is 0 Å². The van der Waals surface area contributed by atoms with Crippen LogP contribution in [0.4, 0.5) is 0 Å². The van der Waals surface area contributed by atoms with Crippen LogP contribution < -0.4 is 5.32 Å². The second-order valence-electron chi connectivity index (χ2n) is 4.47. The van der Waals surface area contributed by atoms with Gasteiger partial charge in [0.05, 0.1) is 5.54 Å². The molecule has 0 saturated carbocycles. The van der Waals surface area contributed by atoms with Crippen molar-refractivity contribution in [1.29, 1.82) is 0 Å². The molecule has 1 rings (SSSR count). The van der Waals surface area contributed by atoms with E-state index in [1.165, 1.54) is 0 Å². The monoisotopic (exact) mass is 191 g/mol. The maximum atomic E-state index is 11.5. The van der Waals surface area contributed by atoms with Crippen molar-refractivity contribution in [3.05, 3.63) is 0 Å². The highest BCUT2D eigenvalue weighted by atomic mass is 35.5. The second kappa shape index (κ2) is 3.35. The predicted octanol–water partition coefficient (Wildman–Crippen LogP) is 1.78. The van der Waals surface area contributed by atoms with Crippen LogP contribution in [0, 0.1) is 5.41 Å². The molecule has 1 N–H and O–H groups in total. The molecule has 1 heterocycles. The molecular weight excluding hydrogens is 174 g/mol. The van der Waals surface area contributed by atoms with Crippen molar-refractivity contribution in [2.75, 3.05) is 6.54 Å². The normalized spacial score (nSPS) is 30.2. The molecule has 1 aliphatic rings. The van der Waals surface area contributed by atoms with Gasteiger partial charge in [-0.15, -0.1) is 12.4 Å². The molecule has 1 unspecified atom stereocenters. The Labute approximate surface area is 80.5 Å². The van der Waals surface area contributed by atoms with Gasteiger partial charge in [0, 0.05) is 13.0 Å². The smallest absolute Gasteiger partial charge is 0.154 e. The highest BCUT2D eigenvalue weighted by molar-refractivity contribution is 5.91. The van der Waals surface area contributed by atoms with Crippen LogP contribution in [0.3, 0.4) is 0 Å². The first-order valence-electron chi connectivity index (χ1n) is 4.16. The van der Waals surface area contributed by atoms with Gasteiger partial charge in [-0.1, -0.05) is 20.8 Å². The number of carbonyl (C=O) groups is 1. The molecule has 0 spiro atoms. The zero-order chi connectivity index (χ0) is 8.70. The van der Waals surface area contributed by atoms with Crippen molar-refractivity contribution < 1.29 is 4.79 Å². The SMILES string of the molecule is CC(C)(C)C1(C)NCCC1=O.Cl. The Morgan fingerprint density at radius 2 is 1.92 bits per heavy atom. The highest BCUT2D eigenvalue weighted by Gasteiger charge is 2.46. The molecule has 0 aromatic heterocycles. The molecule has 0 aromatic carbocycles. The van der Waals surface area contributed by atoms with Gasteiger partial charge >= 0.3 is 0 Å². The topological polar surface area (TPSA) is 29.1 Å². The van der Waals surface area contributed by atoms with E-state index in [9.17, 15) is 4.79 Å². The van der Waals surface area contributed by atoms with Gasteiger partial charge < -0.3 is 5.32 Å². The van der Waals surface area contributed by atoms with E-state index in [4.69, 9.17) is 0 Å². The Morgan fingerprint density at radius 1 is 1.42 bits per heavy atom. The van der Waals surface area contributed by atoms with Crippen LogP contribution in [0.15, 0.2) is 0 Å². The quantitative estimate of drug-likeness (QED) is 0.633. The largest absolute Gasteiger partial charge is 0.304 e. The summed E-state index contributed by atoms with van der Waals surface area (Å²) in [5.74, 6) is 0.352. The van der Waals surface area contributed by atoms with Crippen molar-refractivity contribution in [3.8, 4) is 0 Å². The summed E-state index contributed by atoms with van der Waals surface area (Å²) in [7, 11) is 0. The summed E-state index contributed by atoms with van der Waals surface area (Å²) in [6.07, 6.45) is 0.688. The third kappa shape index (κ3) is 1.64. The maximum Gasteiger partial charge on any atom is 0.154 e. The molecule has 0 aliphatic carbocycles. The summed E-state index contributed by atoms with van der Waals surface area (Å²) >= 11 is 0. The number of halogens is 1. The van der Waals surface area contributed by atoms with Crippen LogP contribution >= 0.6 is 12.4 Å². The molecule has 72 valence electrons. The Balaban J connectivity index is 0.00000121. The van der Waals surface area contributed by atoms with E-state index in [1.807, 2.05) is 6.92 Å². The lowest BCUT2D eigenvalue weighted by atomic mass is 9.73. The van der Waals surface area contributed by atoms with E-state index in [2.05, 4.69) is 26.1 Å². The lowest BCUT2D eigenvalue weighted by Gasteiger charge is -2.37. The standard InChI is InChI=1S/C9H17NO.ClH/c1-8(2,3)9(4)7(11)5-6-10-9;/h10H,5-6H2,1-4H3;1H. The molecule has 12 heavy (non-hydrogen) atoms. The van der Waals surface area contributed by atoms with Gasteiger partial charge in [0.25, 0.3) is 0 Å². The van der Waals surface area contributed by atoms with Crippen molar-refractivity contribution in [2.45, 2.75) is 39.7 Å². The minimum absolute atomic E-state index is 0. The molecule has 1 saturated heterocycles. The van der Waals surface area contributed by atoms with E-state index in [0.29, 0.717) is 12.2 Å². The fraction of sp³-hybridized carbons (Fsp3) is 0.889. The molecule has 1 atom stereocenters. The lowest BCUT2D eigenvalue weighted by molar-refractivity contribution is -0.125. The summed E-state index contributed by atoms with van der Waals surface area (Å²) in [6.45, 7) is 9.14. The van der Waals surface area contributed by atoms with Crippen molar-refractivity contribution in [3.63, 3.8) is 0 Å². The van der Waals surface area contributed by atoms with Gasteiger partial charge in [-0.25, -0.2) is 0 Å². The Bertz CT molecular complexity index is 185. The van der Waals surface area contributed by atoms with Crippen LogP contribution in [-0.4, -0.2) is 17.9 Å². The molecule has 0 radical (unpaired) electrons. The summed E-state index contributed by atoms with van der Waals surface area (Å²) in [5.41, 5.74) is -0.270. The second-order valence-corrected chi connectivity index (χ2v) is 4.47. The minimum Gasteiger partial charge on any atom is -0.304 e.